The smallest absolute Gasteiger partial charge is 0.186 e. The number of benzene rings is 1. The molecule has 23 heavy (non-hydrogen) atoms. The minimum absolute atomic E-state index is 0.594. The molecular weight excluding hydrogens is 296 g/mol. The minimum Gasteiger partial charge on any atom is -0.493 e. The van der Waals surface area contributed by atoms with Crippen LogP contribution in [-0.4, -0.2) is 34.6 Å². The fourth-order valence-corrected chi connectivity index (χ4v) is 2.47. The number of hydrogen-bond donors (Lipinski definition) is 1. The number of nitrogens with one attached hydrogen (secondary N) is 1. The summed E-state index contributed by atoms with van der Waals surface area (Å²) in [4.78, 5) is 4.53. The van der Waals surface area contributed by atoms with Gasteiger partial charge in [0.05, 0.1) is 25.5 Å². The van der Waals surface area contributed by atoms with Gasteiger partial charge < -0.3 is 14.0 Å². The van der Waals surface area contributed by atoms with Crippen molar-refractivity contribution in [1.82, 2.24) is 20.3 Å². The Morgan fingerprint density at radius 3 is 2.57 bits per heavy atom. The van der Waals surface area contributed by atoms with Gasteiger partial charge in [0.1, 0.15) is 11.6 Å². The van der Waals surface area contributed by atoms with E-state index in [0.717, 1.165) is 22.6 Å². The first kappa shape index (κ1) is 15.1. The number of aryl methyl sites for hydroxylation is 2. The number of rotatable bonds is 5. The monoisotopic (exact) mass is 314 g/mol. The van der Waals surface area contributed by atoms with Crippen molar-refractivity contribution in [2.24, 2.45) is 0 Å². The molecule has 1 aromatic carbocycles. The number of methoxy groups -OCH3 is 2. The van der Waals surface area contributed by atoms with Crippen LogP contribution in [0.3, 0.4) is 0 Å². The van der Waals surface area contributed by atoms with Crippen molar-refractivity contribution >= 4 is 0 Å². The predicted molar refractivity (Wildman–Crippen MR) is 83.7 cm³/mol. The molecule has 3 aromatic rings. The molecule has 0 atom stereocenters. The van der Waals surface area contributed by atoms with Crippen molar-refractivity contribution in [2.45, 2.75) is 20.3 Å². The molecule has 2 heterocycles. The SMILES string of the molecule is COc1ccc(Cc2nc(-c3c(C)noc3C)n[nH]2)cc1OC. The van der Waals surface area contributed by atoms with Crippen LogP contribution in [0.4, 0.5) is 0 Å². The second-order valence-electron chi connectivity index (χ2n) is 5.17. The molecular formula is C16H18N4O3. The lowest BCUT2D eigenvalue weighted by Crippen LogP contribution is -1.95. The Hall–Kier alpha value is -2.83. The maximum atomic E-state index is 5.32. The molecule has 2 aromatic heterocycles. The van der Waals surface area contributed by atoms with E-state index in [0.29, 0.717) is 29.5 Å². The summed E-state index contributed by atoms with van der Waals surface area (Å²) in [5, 5.41) is 11.1. The third kappa shape index (κ3) is 2.90. The lowest BCUT2D eigenvalue weighted by molar-refractivity contribution is 0.354. The predicted octanol–water partition coefficient (Wildman–Crippen LogP) is 2.68. The van der Waals surface area contributed by atoms with E-state index in [9.17, 15) is 0 Å². The highest BCUT2D eigenvalue weighted by molar-refractivity contribution is 5.59. The molecule has 0 fully saturated rings. The van der Waals surface area contributed by atoms with Crippen molar-refractivity contribution < 1.29 is 14.0 Å². The Labute approximate surface area is 133 Å². The van der Waals surface area contributed by atoms with Gasteiger partial charge in [-0.2, -0.15) is 5.10 Å². The van der Waals surface area contributed by atoms with E-state index >= 15 is 0 Å². The van der Waals surface area contributed by atoms with Crippen LogP contribution in [0.1, 0.15) is 22.8 Å². The molecule has 0 aliphatic heterocycles. The number of hydrogen-bond acceptors (Lipinski definition) is 6. The van der Waals surface area contributed by atoms with Crippen molar-refractivity contribution in [2.75, 3.05) is 14.2 Å². The Kier molecular flexibility index (Phi) is 4.01. The van der Waals surface area contributed by atoms with E-state index in [1.165, 1.54) is 0 Å². The number of ether oxygens (including phenoxy) is 2. The molecule has 0 unspecified atom stereocenters. The lowest BCUT2D eigenvalue weighted by atomic mass is 10.1. The van der Waals surface area contributed by atoms with Crippen LogP contribution in [0.25, 0.3) is 11.4 Å². The summed E-state index contributed by atoms with van der Waals surface area (Å²) in [6.07, 6.45) is 0.608. The van der Waals surface area contributed by atoms with Gasteiger partial charge in [-0.25, -0.2) is 4.98 Å². The molecule has 0 saturated carbocycles. The van der Waals surface area contributed by atoms with E-state index in [1.54, 1.807) is 14.2 Å². The van der Waals surface area contributed by atoms with Crippen LogP contribution in [0, 0.1) is 13.8 Å². The summed E-state index contributed by atoms with van der Waals surface area (Å²) < 4.78 is 15.7. The second-order valence-corrected chi connectivity index (χ2v) is 5.17. The van der Waals surface area contributed by atoms with Crippen LogP contribution >= 0.6 is 0 Å². The third-order valence-corrected chi connectivity index (χ3v) is 3.61. The maximum Gasteiger partial charge on any atom is 0.186 e. The summed E-state index contributed by atoms with van der Waals surface area (Å²) in [6.45, 7) is 3.72. The first-order chi connectivity index (χ1) is 11.1. The van der Waals surface area contributed by atoms with Crippen molar-refractivity contribution in [3.05, 3.63) is 41.0 Å². The van der Waals surface area contributed by atoms with Gasteiger partial charge in [0, 0.05) is 6.42 Å². The Bertz CT molecular complexity index is 803. The third-order valence-electron chi connectivity index (χ3n) is 3.61. The summed E-state index contributed by atoms with van der Waals surface area (Å²) in [7, 11) is 3.23. The van der Waals surface area contributed by atoms with Gasteiger partial charge in [-0.05, 0) is 31.5 Å². The highest BCUT2D eigenvalue weighted by Crippen LogP contribution is 2.28. The van der Waals surface area contributed by atoms with E-state index < -0.39 is 0 Å². The fraction of sp³-hybridized carbons (Fsp3) is 0.312. The van der Waals surface area contributed by atoms with Crippen molar-refractivity contribution in [3.8, 4) is 22.9 Å². The van der Waals surface area contributed by atoms with Crippen LogP contribution < -0.4 is 9.47 Å². The van der Waals surface area contributed by atoms with E-state index in [2.05, 4.69) is 20.3 Å². The summed E-state index contributed by atoms with van der Waals surface area (Å²) in [5.41, 5.74) is 2.66. The van der Waals surface area contributed by atoms with Crippen LogP contribution in [0.15, 0.2) is 22.7 Å². The summed E-state index contributed by atoms with van der Waals surface area (Å²) in [5.74, 6) is 3.45. The van der Waals surface area contributed by atoms with Crippen LogP contribution in [0.5, 0.6) is 11.5 Å². The zero-order valence-electron chi connectivity index (χ0n) is 13.5. The van der Waals surface area contributed by atoms with E-state index in [1.807, 2.05) is 32.0 Å². The molecule has 0 amide bonds. The lowest BCUT2D eigenvalue weighted by Gasteiger charge is -2.08. The highest BCUT2D eigenvalue weighted by Gasteiger charge is 2.16. The average Bonchev–Trinajstić information content (AvgIpc) is 3.13. The second kappa shape index (κ2) is 6.12. The average molecular weight is 314 g/mol. The quantitative estimate of drug-likeness (QED) is 0.779. The molecule has 0 saturated heterocycles. The molecule has 0 aliphatic carbocycles. The molecule has 120 valence electrons. The van der Waals surface area contributed by atoms with Gasteiger partial charge in [-0.15, -0.1) is 0 Å². The maximum absolute atomic E-state index is 5.32. The van der Waals surface area contributed by atoms with Gasteiger partial charge in [-0.3, -0.25) is 5.10 Å². The summed E-state index contributed by atoms with van der Waals surface area (Å²) >= 11 is 0. The zero-order chi connectivity index (χ0) is 16.4. The molecule has 7 heteroatoms. The first-order valence-electron chi connectivity index (χ1n) is 7.17. The van der Waals surface area contributed by atoms with Gasteiger partial charge in [0.25, 0.3) is 0 Å². The van der Waals surface area contributed by atoms with Crippen LogP contribution in [0.2, 0.25) is 0 Å². The first-order valence-corrected chi connectivity index (χ1v) is 7.17. The van der Waals surface area contributed by atoms with Gasteiger partial charge >= 0.3 is 0 Å². The fourth-order valence-electron chi connectivity index (χ4n) is 2.47. The zero-order valence-corrected chi connectivity index (χ0v) is 13.5. The number of aromatic nitrogens is 4. The van der Waals surface area contributed by atoms with E-state index in [4.69, 9.17) is 14.0 Å². The molecule has 0 radical (unpaired) electrons. The van der Waals surface area contributed by atoms with Gasteiger partial charge in [-0.1, -0.05) is 11.2 Å². The van der Waals surface area contributed by atoms with Gasteiger partial charge in [0.2, 0.25) is 0 Å². The van der Waals surface area contributed by atoms with Gasteiger partial charge in [0.15, 0.2) is 17.3 Å². The number of H-pyrrole nitrogens is 1. The van der Waals surface area contributed by atoms with E-state index in [-0.39, 0.29) is 0 Å². The Morgan fingerprint density at radius 2 is 1.91 bits per heavy atom. The van der Waals surface area contributed by atoms with Crippen LogP contribution in [-0.2, 0) is 6.42 Å². The highest BCUT2D eigenvalue weighted by atomic mass is 16.5. The Balaban J connectivity index is 1.85. The normalized spacial score (nSPS) is 10.8. The molecule has 1 N–H and O–H groups in total. The minimum atomic E-state index is 0.594. The molecule has 7 nitrogen and oxygen atoms in total. The Morgan fingerprint density at radius 1 is 1.13 bits per heavy atom. The molecule has 0 bridgehead atoms. The number of aromatic amines is 1. The van der Waals surface area contributed by atoms with Crippen molar-refractivity contribution in [1.29, 1.82) is 0 Å². The van der Waals surface area contributed by atoms with Crippen molar-refractivity contribution in [3.63, 3.8) is 0 Å². The summed E-state index contributed by atoms with van der Waals surface area (Å²) in [6, 6.07) is 5.77. The molecule has 3 rings (SSSR count). The molecule has 0 aliphatic rings. The molecule has 0 spiro atoms. The topological polar surface area (TPSA) is 86.1 Å². The largest absolute Gasteiger partial charge is 0.493 e. The standard InChI is InChI=1S/C16H18N4O3/c1-9-15(10(2)23-20-9)16-17-14(18-19-16)8-11-5-6-12(21-3)13(7-11)22-4/h5-7H,8H2,1-4H3,(H,17,18,19). The number of nitrogens with zero attached hydrogens (tertiary/aromatic N) is 3.